The summed E-state index contributed by atoms with van der Waals surface area (Å²) in [6.45, 7) is 9.62. The predicted octanol–water partition coefficient (Wildman–Crippen LogP) is 4.85. The van der Waals surface area contributed by atoms with Crippen molar-refractivity contribution in [2.24, 2.45) is 0 Å². The van der Waals surface area contributed by atoms with Crippen LogP contribution in [0.5, 0.6) is 0 Å². The molecule has 4 heteroatoms. The maximum absolute atomic E-state index is 12.1. The van der Waals surface area contributed by atoms with E-state index in [2.05, 4.69) is 64.1 Å². The highest BCUT2D eigenvalue weighted by atomic mass is 16.1. The van der Waals surface area contributed by atoms with Crippen LogP contribution in [0.4, 0.5) is 0 Å². The zero-order valence-electron chi connectivity index (χ0n) is 18.7. The van der Waals surface area contributed by atoms with E-state index >= 15 is 0 Å². The molecule has 0 bridgehead atoms. The molecule has 0 heterocycles. The highest BCUT2D eigenvalue weighted by Crippen LogP contribution is 2.29. The summed E-state index contributed by atoms with van der Waals surface area (Å²) in [5.74, 6) is 0. The van der Waals surface area contributed by atoms with Crippen LogP contribution < -0.4 is 0 Å². The van der Waals surface area contributed by atoms with Gasteiger partial charge < -0.3 is 9.80 Å². The van der Waals surface area contributed by atoms with Crippen LogP contribution in [-0.2, 0) is 22.7 Å². The van der Waals surface area contributed by atoms with E-state index in [9.17, 15) is 9.59 Å². The Hall–Kier alpha value is -2.62. The second kappa shape index (κ2) is 9.92. The fraction of sp³-hybridized carbons (Fsp3) is 0.462. The van der Waals surface area contributed by atoms with E-state index in [4.69, 9.17) is 0 Å². The molecule has 30 heavy (non-hydrogen) atoms. The maximum atomic E-state index is 12.1. The zero-order valence-corrected chi connectivity index (χ0v) is 18.7. The maximum Gasteiger partial charge on any atom is 0.210 e. The molecule has 0 aromatic heterocycles. The van der Waals surface area contributed by atoms with E-state index in [0.29, 0.717) is 13.1 Å². The lowest BCUT2D eigenvalue weighted by Crippen LogP contribution is -2.52. The standard InChI is InChI=1S/C26H34N2O2/c1-19-9-7-11-23(21(19)3)15-27(17-29)25-13-5-6-14-26(25)28(18-30)16-24-12-8-10-20(2)22(24)4/h7-12,17-18,25-26H,5-6,13-16H2,1-4H3/t25-,26-/m1/s1. The molecule has 3 rings (SSSR count). The zero-order chi connectivity index (χ0) is 21.7. The first-order chi connectivity index (χ1) is 14.5. The molecule has 1 saturated carbocycles. The second-order valence-electron chi connectivity index (χ2n) is 8.69. The predicted molar refractivity (Wildman–Crippen MR) is 121 cm³/mol. The third-order valence-corrected chi connectivity index (χ3v) is 6.96. The molecule has 2 atom stereocenters. The Balaban J connectivity index is 1.84. The lowest BCUT2D eigenvalue weighted by atomic mass is 9.87. The van der Waals surface area contributed by atoms with Gasteiger partial charge in [-0.3, -0.25) is 9.59 Å². The largest absolute Gasteiger partial charge is 0.336 e. The SMILES string of the molecule is Cc1cccc(CN(C=O)[C@@H]2CCCC[C@H]2N(C=O)Cc2cccc(C)c2C)c1C. The van der Waals surface area contributed by atoms with Crippen molar-refractivity contribution < 1.29 is 9.59 Å². The van der Waals surface area contributed by atoms with Gasteiger partial charge in [0.25, 0.3) is 0 Å². The van der Waals surface area contributed by atoms with Crippen LogP contribution >= 0.6 is 0 Å². The van der Waals surface area contributed by atoms with Crippen molar-refractivity contribution in [3.05, 3.63) is 69.8 Å². The lowest BCUT2D eigenvalue weighted by molar-refractivity contribution is -0.129. The number of hydrogen-bond acceptors (Lipinski definition) is 2. The summed E-state index contributed by atoms with van der Waals surface area (Å²) < 4.78 is 0. The van der Waals surface area contributed by atoms with Crippen molar-refractivity contribution >= 4 is 12.8 Å². The Morgan fingerprint density at radius 2 is 1.13 bits per heavy atom. The summed E-state index contributed by atoms with van der Waals surface area (Å²) in [6, 6.07) is 12.6. The van der Waals surface area contributed by atoms with Crippen LogP contribution in [0.3, 0.4) is 0 Å². The van der Waals surface area contributed by atoms with Gasteiger partial charge in [0, 0.05) is 13.1 Å². The number of carbonyl (C=O) groups excluding carboxylic acids is 2. The van der Waals surface area contributed by atoms with Crippen molar-refractivity contribution in [2.45, 2.75) is 78.6 Å². The molecule has 0 N–H and O–H groups in total. The van der Waals surface area contributed by atoms with Gasteiger partial charge in [0.2, 0.25) is 12.8 Å². The first kappa shape index (κ1) is 22.1. The van der Waals surface area contributed by atoms with Gasteiger partial charge >= 0.3 is 0 Å². The van der Waals surface area contributed by atoms with Crippen LogP contribution in [0.25, 0.3) is 0 Å². The normalized spacial score (nSPS) is 18.7. The van der Waals surface area contributed by atoms with Crippen LogP contribution in [0.1, 0.15) is 59.1 Å². The quantitative estimate of drug-likeness (QED) is 0.588. The number of amides is 2. The first-order valence-electron chi connectivity index (χ1n) is 11.0. The average Bonchev–Trinajstić information content (AvgIpc) is 2.76. The number of nitrogens with zero attached hydrogens (tertiary/aromatic N) is 2. The molecule has 1 aliphatic carbocycles. The highest BCUT2D eigenvalue weighted by Gasteiger charge is 2.34. The molecule has 2 aromatic rings. The Labute approximate surface area is 180 Å². The van der Waals surface area contributed by atoms with Gasteiger partial charge in [-0.15, -0.1) is 0 Å². The molecule has 0 unspecified atom stereocenters. The molecule has 0 radical (unpaired) electrons. The van der Waals surface area contributed by atoms with Crippen molar-refractivity contribution in [1.29, 1.82) is 0 Å². The summed E-state index contributed by atoms with van der Waals surface area (Å²) in [5.41, 5.74) is 7.31. The molecule has 0 aliphatic heterocycles. The third kappa shape index (κ3) is 4.75. The minimum Gasteiger partial charge on any atom is -0.336 e. The molecular formula is C26H34N2O2. The number of carbonyl (C=O) groups is 2. The molecule has 1 aliphatic rings. The van der Waals surface area contributed by atoms with Crippen LogP contribution in [0, 0.1) is 27.7 Å². The highest BCUT2D eigenvalue weighted by molar-refractivity contribution is 5.52. The number of rotatable bonds is 8. The Bertz CT molecular complexity index is 819. The monoisotopic (exact) mass is 406 g/mol. The Morgan fingerprint density at radius 3 is 1.50 bits per heavy atom. The molecule has 2 aromatic carbocycles. The molecule has 0 saturated heterocycles. The van der Waals surface area contributed by atoms with Crippen molar-refractivity contribution in [3.63, 3.8) is 0 Å². The summed E-state index contributed by atoms with van der Waals surface area (Å²) in [5, 5.41) is 0. The molecule has 1 fully saturated rings. The summed E-state index contributed by atoms with van der Waals surface area (Å²) in [4.78, 5) is 28.1. The van der Waals surface area contributed by atoms with Crippen molar-refractivity contribution in [2.75, 3.05) is 0 Å². The Morgan fingerprint density at radius 1 is 0.733 bits per heavy atom. The van der Waals surface area contributed by atoms with E-state index in [-0.39, 0.29) is 12.1 Å². The Kier molecular flexibility index (Phi) is 7.30. The second-order valence-corrected chi connectivity index (χ2v) is 8.69. The van der Waals surface area contributed by atoms with E-state index in [1.165, 1.54) is 33.4 Å². The first-order valence-corrected chi connectivity index (χ1v) is 11.0. The molecule has 0 spiro atoms. The smallest absolute Gasteiger partial charge is 0.210 e. The topological polar surface area (TPSA) is 40.6 Å². The molecule has 2 amide bonds. The molecule has 160 valence electrons. The van der Waals surface area contributed by atoms with Gasteiger partial charge in [0.1, 0.15) is 0 Å². The van der Waals surface area contributed by atoms with Crippen LogP contribution in [0.2, 0.25) is 0 Å². The van der Waals surface area contributed by atoms with Crippen LogP contribution in [-0.4, -0.2) is 34.7 Å². The third-order valence-electron chi connectivity index (χ3n) is 6.96. The minimum atomic E-state index is 0.0477. The van der Waals surface area contributed by atoms with Gasteiger partial charge in [-0.2, -0.15) is 0 Å². The number of hydrogen-bond donors (Lipinski definition) is 0. The number of aryl methyl sites for hydroxylation is 2. The number of benzene rings is 2. The average molecular weight is 407 g/mol. The van der Waals surface area contributed by atoms with E-state index in [0.717, 1.165) is 38.5 Å². The fourth-order valence-corrected chi connectivity index (χ4v) is 4.69. The van der Waals surface area contributed by atoms with E-state index in [1.807, 2.05) is 9.80 Å². The van der Waals surface area contributed by atoms with Gasteiger partial charge in [0.05, 0.1) is 12.1 Å². The molecular weight excluding hydrogens is 372 g/mol. The molecule has 4 nitrogen and oxygen atoms in total. The van der Waals surface area contributed by atoms with Crippen molar-refractivity contribution in [3.8, 4) is 0 Å². The van der Waals surface area contributed by atoms with Crippen molar-refractivity contribution in [1.82, 2.24) is 9.80 Å². The summed E-state index contributed by atoms with van der Waals surface area (Å²) in [6.07, 6.45) is 6.01. The minimum absolute atomic E-state index is 0.0477. The van der Waals surface area contributed by atoms with Gasteiger partial charge in [-0.1, -0.05) is 49.2 Å². The van der Waals surface area contributed by atoms with Gasteiger partial charge in [-0.25, -0.2) is 0 Å². The van der Waals surface area contributed by atoms with E-state index in [1.54, 1.807) is 0 Å². The van der Waals surface area contributed by atoms with E-state index < -0.39 is 0 Å². The van der Waals surface area contributed by atoms with Gasteiger partial charge in [-0.05, 0) is 73.9 Å². The summed E-state index contributed by atoms with van der Waals surface area (Å²) in [7, 11) is 0. The fourth-order valence-electron chi connectivity index (χ4n) is 4.69. The summed E-state index contributed by atoms with van der Waals surface area (Å²) >= 11 is 0. The van der Waals surface area contributed by atoms with Gasteiger partial charge in [0.15, 0.2) is 0 Å². The van der Waals surface area contributed by atoms with Crippen LogP contribution in [0.15, 0.2) is 36.4 Å². The lowest BCUT2D eigenvalue weighted by Gasteiger charge is -2.43.